The third kappa shape index (κ3) is 5.44. The van der Waals surface area contributed by atoms with Crippen LogP contribution in [0.25, 0.3) is 20.9 Å². The predicted molar refractivity (Wildman–Crippen MR) is 153 cm³/mol. The molecule has 41 heavy (non-hydrogen) atoms. The monoisotopic (exact) mass is 575 g/mol. The highest BCUT2D eigenvalue weighted by Crippen LogP contribution is 2.53. The Kier molecular flexibility index (Phi) is 7.86. The summed E-state index contributed by atoms with van der Waals surface area (Å²) in [6, 6.07) is 18.6. The Morgan fingerprint density at radius 1 is 0.976 bits per heavy atom. The van der Waals surface area contributed by atoms with E-state index in [9.17, 15) is 14.4 Å². The van der Waals surface area contributed by atoms with Crippen molar-refractivity contribution in [2.75, 3.05) is 13.2 Å². The van der Waals surface area contributed by atoms with Crippen LogP contribution in [0, 0.1) is 5.82 Å². The summed E-state index contributed by atoms with van der Waals surface area (Å²) in [6.07, 6.45) is 1.69. The molecule has 0 saturated heterocycles. The molecule has 1 aliphatic carbocycles. The molecule has 2 aromatic carbocycles. The number of nitrogens with zero attached hydrogens (tertiary/aromatic N) is 2. The molecular formula is C31H30FN3O5S. The molecule has 0 aliphatic heterocycles. The highest BCUT2D eigenvalue weighted by molar-refractivity contribution is 7.21. The quantitative estimate of drug-likeness (QED) is 0.207. The lowest BCUT2D eigenvalue weighted by Crippen LogP contribution is -2.62. The smallest absolute Gasteiger partial charge is 0.344 e. The molecule has 1 amide bonds. The van der Waals surface area contributed by atoms with Gasteiger partial charge in [-0.25, -0.2) is 23.9 Å². The normalized spacial score (nSPS) is 14.0. The number of thiazole rings is 1. The van der Waals surface area contributed by atoms with E-state index in [2.05, 4.69) is 22.4 Å². The van der Waals surface area contributed by atoms with Crippen LogP contribution in [0.4, 0.5) is 4.39 Å². The summed E-state index contributed by atoms with van der Waals surface area (Å²) in [6.45, 7) is 4.30. The summed E-state index contributed by atoms with van der Waals surface area (Å²) in [5, 5.41) is 2.86. The van der Waals surface area contributed by atoms with Gasteiger partial charge in [-0.05, 0) is 62.1 Å². The van der Waals surface area contributed by atoms with Crippen LogP contribution in [0.3, 0.4) is 0 Å². The van der Waals surface area contributed by atoms with Crippen molar-refractivity contribution in [1.82, 2.24) is 15.3 Å². The van der Waals surface area contributed by atoms with Crippen molar-refractivity contribution < 1.29 is 28.2 Å². The summed E-state index contributed by atoms with van der Waals surface area (Å²) < 4.78 is 25.7. The number of esters is 2. The minimum Gasteiger partial charge on any atom is -0.464 e. The van der Waals surface area contributed by atoms with Crippen LogP contribution in [-0.2, 0) is 35.7 Å². The molecular weight excluding hydrogens is 545 g/mol. The van der Waals surface area contributed by atoms with Crippen LogP contribution < -0.4 is 5.32 Å². The van der Waals surface area contributed by atoms with E-state index in [1.165, 1.54) is 29.9 Å². The van der Waals surface area contributed by atoms with Crippen molar-refractivity contribution >= 4 is 39.5 Å². The molecule has 0 unspecified atom stereocenters. The first-order valence-electron chi connectivity index (χ1n) is 13.5. The van der Waals surface area contributed by atoms with Gasteiger partial charge in [0.05, 0.1) is 18.9 Å². The van der Waals surface area contributed by atoms with E-state index in [1.54, 1.807) is 26.0 Å². The molecule has 1 saturated carbocycles. The molecule has 0 bridgehead atoms. The third-order valence-electron chi connectivity index (χ3n) is 7.19. The molecule has 0 atom stereocenters. The Labute approximate surface area is 240 Å². The summed E-state index contributed by atoms with van der Waals surface area (Å²) in [5.74, 6) is -3.18. The summed E-state index contributed by atoms with van der Waals surface area (Å²) in [7, 11) is 0. The second-order valence-electron chi connectivity index (χ2n) is 10.0. The zero-order chi connectivity index (χ0) is 29.2. The average molecular weight is 576 g/mol. The molecule has 2 heterocycles. The van der Waals surface area contributed by atoms with Crippen LogP contribution >= 0.6 is 11.3 Å². The SMILES string of the molecule is CCOC(=O)C(Cc1ccc(-c2nc3ccc(C4(c5ccccc5)CC4)nc3s2)c(F)c1)(NC(C)=O)C(=O)OCC. The maximum atomic E-state index is 15.5. The maximum absolute atomic E-state index is 15.5. The predicted octanol–water partition coefficient (Wildman–Crippen LogP) is 5.12. The van der Waals surface area contributed by atoms with E-state index >= 15 is 4.39 Å². The second kappa shape index (κ2) is 11.4. The summed E-state index contributed by atoms with van der Waals surface area (Å²) >= 11 is 1.30. The third-order valence-corrected chi connectivity index (χ3v) is 8.19. The number of nitrogens with one attached hydrogen (secondary N) is 1. The fourth-order valence-electron chi connectivity index (χ4n) is 5.10. The van der Waals surface area contributed by atoms with E-state index in [0.717, 1.165) is 23.4 Å². The van der Waals surface area contributed by atoms with Crippen molar-refractivity contribution in [3.05, 3.63) is 83.3 Å². The van der Waals surface area contributed by atoms with E-state index < -0.39 is 29.2 Å². The number of ether oxygens (including phenoxy) is 2. The van der Waals surface area contributed by atoms with Gasteiger partial charge >= 0.3 is 11.9 Å². The fourth-order valence-corrected chi connectivity index (χ4v) is 6.07. The molecule has 2 aromatic heterocycles. The number of hydrogen-bond acceptors (Lipinski definition) is 8. The molecule has 4 aromatic rings. The zero-order valence-corrected chi connectivity index (χ0v) is 23.8. The number of halogens is 1. The van der Waals surface area contributed by atoms with Crippen LogP contribution in [0.5, 0.6) is 0 Å². The number of amides is 1. The van der Waals surface area contributed by atoms with Crippen LogP contribution in [-0.4, -0.2) is 46.6 Å². The van der Waals surface area contributed by atoms with Gasteiger partial charge in [0.15, 0.2) is 0 Å². The van der Waals surface area contributed by atoms with Gasteiger partial charge in [-0.1, -0.05) is 47.7 Å². The number of hydrogen-bond donors (Lipinski definition) is 1. The number of aromatic nitrogens is 2. The number of carbonyl (C=O) groups is 3. The van der Waals surface area contributed by atoms with Crippen LogP contribution in [0.15, 0.2) is 60.7 Å². The highest BCUT2D eigenvalue weighted by Gasteiger charge is 2.50. The highest BCUT2D eigenvalue weighted by atomic mass is 32.1. The molecule has 8 nitrogen and oxygen atoms in total. The van der Waals surface area contributed by atoms with E-state index in [1.807, 2.05) is 30.3 Å². The van der Waals surface area contributed by atoms with Crippen molar-refractivity contribution in [1.29, 1.82) is 0 Å². The van der Waals surface area contributed by atoms with Crippen LogP contribution in [0.1, 0.15) is 50.4 Å². The Bertz CT molecular complexity index is 1600. The first-order valence-corrected chi connectivity index (χ1v) is 14.3. The Balaban J connectivity index is 1.46. The zero-order valence-electron chi connectivity index (χ0n) is 23.0. The Morgan fingerprint density at radius 3 is 2.24 bits per heavy atom. The lowest BCUT2D eigenvalue weighted by molar-refractivity contribution is -0.168. The van der Waals surface area contributed by atoms with Gasteiger partial charge in [0.25, 0.3) is 0 Å². The molecule has 1 aliphatic rings. The summed E-state index contributed by atoms with van der Waals surface area (Å²) in [5.41, 5.74) is 1.20. The first-order chi connectivity index (χ1) is 19.7. The first kappa shape index (κ1) is 28.4. The van der Waals surface area contributed by atoms with Crippen molar-refractivity contribution in [2.45, 2.75) is 51.0 Å². The van der Waals surface area contributed by atoms with Crippen molar-refractivity contribution in [3.63, 3.8) is 0 Å². The van der Waals surface area contributed by atoms with Gasteiger partial charge in [0.2, 0.25) is 11.4 Å². The number of carbonyl (C=O) groups excluding carboxylic acids is 3. The lowest BCUT2D eigenvalue weighted by atomic mass is 9.89. The number of pyridine rings is 1. The Hall–Kier alpha value is -4.18. The van der Waals surface area contributed by atoms with E-state index in [4.69, 9.17) is 14.5 Å². The van der Waals surface area contributed by atoms with E-state index in [0.29, 0.717) is 16.1 Å². The number of rotatable bonds is 10. The molecule has 0 spiro atoms. The largest absolute Gasteiger partial charge is 0.464 e. The minimum absolute atomic E-state index is 0.0211. The topological polar surface area (TPSA) is 107 Å². The van der Waals surface area contributed by atoms with Gasteiger partial charge in [0.1, 0.15) is 21.2 Å². The second-order valence-corrected chi connectivity index (χ2v) is 11.0. The molecule has 1 N–H and O–H groups in total. The minimum atomic E-state index is -2.15. The average Bonchev–Trinajstić information content (AvgIpc) is 3.66. The number of fused-ring (bicyclic) bond motifs is 1. The molecule has 10 heteroatoms. The van der Waals surface area contributed by atoms with Crippen molar-refractivity contribution in [3.8, 4) is 10.6 Å². The lowest BCUT2D eigenvalue weighted by Gasteiger charge is -2.29. The van der Waals surface area contributed by atoms with Gasteiger partial charge in [0, 0.05) is 24.3 Å². The maximum Gasteiger partial charge on any atom is 0.344 e. The van der Waals surface area contributed by atoms with Crippen LogP contribution in [0.2, 0.25) is 0 Å². The molecule has 212 valence electrons. The van der Waals surface area contributed by atoms with Gasteiger partial charge in [-0.15, -0.1) is 0 Å². The van der Waals surface area contributed by atoms with Gasteiger partial charge in [-0.3, -0.25) is 4.79 Å². The molecule has 0 radical (unpaired) electrons. The van der Waals surface area contributed by atoms with Crippen molar-refractivity contribution in [2.24, 2.45) is 0 Å². The summed E-state index contributed by atoms with van der Waals surface area (Å²) in [4.78, 5) is 48.2. The molecule has 5 rings (SSSR count). The fraction of sp³-hybridized carbons (Fsp3) is 0.323. The Morgan fingerprint density at radius 2 is 1.66 bits per heavy atom. The van der Waals surface area contributed by atoms with Gasteiger partial charge in [-0.2, -0.15) is 0 Å². The number of benzene rings is 2. The van der Waals surface area contributed by atoms with Gasteiger partial charge < -0.3 is 14.8 Å². The molecule has 1 fully saturated rings. The standard InChI is InChI=1S/C31H30FN3O5S/c1-4-39-28(37)31(35-19(3)36,29(38)40-5-2)18-20-11-12-22(23(32)17-20)26-33-24-13-14-25(34-27(24)41-26)30(15-16-30)21-9-7-6-8-10-21/h6-14,17H,4-5,15-16,18H2,1-3H3,(H,35,36). The van der Waals surface area contributed by atoms with E-state index in [-0.39, 0.29) is 30.6 Å².